The van der Waals surface area contributed by atoms with E-state index in [9.17, 15) is 9.18 Å². The lowest BCUT2D eigenvalue weighted by Crippen LogP contribution is -2.28. The number of rotatable bonds is 8. The van der Waals surface area contributed by atoms with Gasteiger partial charge in [-0.15, -0.1) is 0 Å². The van der Waals surface area contributed by atoms with E-state index in [0.717, 1.165) is 13.1 Å². The molecule has 108 valence electrons. The lowest BCUT2D eigenvalue weighted by molar-refractivity contribution is -0.116. The van der Waals surface area contributed by atoms with Crippen LogP contribution in [0, 0.1) is 5.82 Å². The number of hydrogen-bond donors (Lipinski definition) is 1. The Morgan fingerprint density at radius 3 is 2.89 bits per heavy atom. The van der Waals surface area contributed by atoms with Gasteiger partial charge in [-0.2, -0.15) is 0 Å². The van der Waals surface area contributed by atoms with Gasteiger partial charge < -0.3 is 14.8 Å². The van der Waals surface area contributed by atoms with Gasteiger partial charge in [0.25, 0.3) is 0 Å². The van der Waals surface area contributed by atoms with Crippen LogP contribution in [0.2, 0.25) is 0 Å². The summed E-state index contributed by atoms with van der Waals surface area (Å²) >= 11 is 0. The predicted octanol–water partition coefficient (Wildman–Crippen LogP) is 2.97. The monoisotopic (exact) mass is 269 g/mol. The molecule has 0 spiro atoms. The molecule has 1 aromatic rings. The molecule has 1 N–H and O–H groups in total. The van der Waals surface area contributed by atoms with Gasteiger partial charge >= 0.3 is 0 Å². The Kier molecular flexibility index (Phi) is 6.50. The summed E-state index contributed by atoms with van der Waals surface area (Å²) < 4.78 is 19.3. The minimum Gasteiger partial charge on any atom is -0.489 e. The van der Waals surface area contributed by atoms with Crippen LogP contribution in [0.4, 0.5) is 4.39 Å². The van der Waals surface area contributed by atoms with E-state index in [0.29, 0.717) is 24.2 Å². The second-order valence-electron chi connectivity index (χ2n) is 4.69. The first-order valence-electron chi connectivity index (χ1n) is 6.68. The minimum absolute atomic E-state index is 0. The highest BCUT2D eigenvalue weighted by Gasteiger charge is 2.08. The summed E-state index contributed by atoms with van der Waals surface area (Å²) in [5.74, 6) is 0.421. The molecular formula is C15H24FNO2. The van der Waals surface area contributed by atoms with Crippen molar-refractivity contribution < 1.29 is 15.3 Å². The second kappa shape index (κ2) is 7.89. The van der Waals surface area contributed by atoms with Gasteiger partial charge in [-0.25, -0.2) is 4.39 Å². The van der Waals surface area contributed by atoms with Crippen LogP contribution in [0.5, 0.6) is 5.75 Å². The van der Waals surface area contributed by atoms with E-state index < -0.39 is 0 Å². The summed E-state index contributed by atoms with van der Waals surface area (Å²) in [7, 11) is 0. The molecule has 1 atom stereocenters. The van der Waals surface area contributed by atoms with Crippen molar-refractivity contribution in [3.8, 4) is 5.75 Å². The van der Waals surface area contributed by atoms with Crippen LogP contribution in [-0.4, -0.2) is 25.0 Å². The van der Waals surface area contributed by atoms with Gasteiger partial charge in [0.2, 0.25) is 0 Å². The molecule has 0 radical (unpaired) electrons. The quantitative estimate of drug-likeness (QED) is 0.788. The smallest absolute Gasteiger partial charge is 0.130 e. The van der Waals surface area contributed by atoms with Gasteiger partial charge in [0.15, 0.2) is 0 Å². The van der Waals surface area contributed by atoms with E-state index in [4.69, 9.17) is 4.74 Å². The summed E-state index contributed by atoms with van der Waals surface area (Å²) in [5, 5.41) is 3.19. The number of ether oxygens (including phenoxy) is 1. The third kappa shape index (κ3) is 5.83. The number of likely N-dealkylation sites (N-methyl/N-ethyl adjacent to an activating group) is 1. The lowest BCUT2D eigenvalue weighted by atomic mass is 10.1. The van der Waals surface area contributed by atoms with E-state index in [1.165, 1.54) is 13.0 Å². The summed E-state index contributed by atoms with van der Waals surface area (Å²) in [6, 6.07) is 4.69. The molecule has 0 heterocycles. The third-order valence-electron chi connectivity index (χ3n) is 2.78. The maximum absolute atomic E-state index is 13.6. The Hall–Kier alpha value is -1.42. The molecule has 1 rings (SSSR count). The van der Waals surface area contributed by atoms with Gasteiger partial charge in [-0.05, 0) is 50.6 Å². The van der Waals surface area contributed by atoms with Crippen LogP contribution in [0.25, 0.3) is 0 Å². The number of hydrogen-bond acceptors (Lipinski definition) is 3. The van der Waals surface area contributed by atoms with Crippen molar-refractivity contribution in [1.82, 2.24) is 5.32 Å². The third-order valence-corrected chi connectivity index (χ3v) is 2.78. The second-order valence-corrected chi connectivity index (χ2v) is 4.69. The first-order valence-corrected chi connectivity index (χ1v) is 6.68. The van der Waals surface area contributed by atoms with Crippen molar-refractivity contribution in [2.24, 2.45) is 0 Å². The lowest BCUT2D eigenvalue weighted by Gasteiger charge is -2.15. The zero-order valence-electron chi connectivity index (χ0n) is 11.8. The van der Waals surface area contributed by atoms with Crippen molar-refractivity contribution >= 4 is 5.78 Å². The first kappa shape index (κ1) is 15.6. The zero-order chi connectivity index (χ0) is 14.3. The Balaban J connectivity index is 0.00000361. The van der Waals surface area contributed by atoms with Crippen LogP contribution in [0.3, 0.4) is 0 Å². The van der Waals surface area contributed by atoms with E-state index in [-0.39, 0.29) is 19.1 Å². The fourth-order valence-electron chi connectivity index (χ4n) is 1.75. The maximum Gasteiger partial charge on any atom is 0.130 e. The number of benzene rings is 1. The Morgan fingerprint density at radius 1 is 1.53 bits per heavy atom. The molecule has 0 bridgehead atoms. The minimum atomic E-state index is -0.284. The summed E-state index contributed by atoms with van der Waals surface area (Å²) in [6.45, 7) is 7.14. The van der Waals surface area contributed by atoms with Crippen molar-refractivity contribution in [2.45, 2.75) is 39.7 Å². The summed E-state index contributed by atoms with van der Waals surface area (Å²) in [6.07, 6.45) is 0.791. The highest BCUT2D eigenvalue weighted by molar-refractivity contribution is 5.75. The summed E-state index contributed by atoms with van der Waals surface area (Å²) in [5.41, 5.74) is 0.531. The van der Waals surface area contributed by atoms with Crippen LogP contribution in [0.15, 0.2) is 18.2 Å². The molecule has 0 saturated heterocycles. The highest BCUT2D eigenvalue weighted by Crippen LogP contribution is 2.19. The normalized spacial score (nSPS) is 12.2. The molecule has 19 heavy (non-hydrogen) atoms. The molecule has 0 fully saturated rings. The molecular weight excluding hydrogens is 245 g/mol. The standard InChI is InChI=1S/C15H22FNO2.H2/c1-4-17-10-12(3)19-14-7-8-15(16)13(9-14)6-5-11(2)18;/h7-9,12,17H,4-6,10H2,1-3H3;1H. The van der Waals surface area contributed by atoms with Gasteiger partial charge in [-0.1, -0.05) is 6.92 Å². The van der Waals surface area contributed by atoms with E-state index in [1.807, 2.05) is 13.8 Å². The Morgan fingerprint density at radius 2 is 2.26 bits per heavy atom. The number of nitrogens with one attached hydrogen (secondary N) is 1. The average Bonchev–Trinajstić information content (AvgIpc) is 2.37. The molecule has 0 aliphatic heterocycles. The van der Waals surface area contributed by atoms with Crippen LogP contribution in [0.1, 0.15) is 34.2 Å². The zero-order valence-corrected chi connectivity index (χ0v) is 11.8. The van der Waals surface area contributed by atoms with E-state index in [1.54, 1.807) is 12.1 Å². The molecule has 1 unspecified atom stereocenters. The molecule has 0 aliphatic carbocycles. The predicted molar refractivity (Wildman–Crippen MR) is 76.1 cm³/mol. The molecule has 0 amide bonds. The maximum atomic E-state index is 13.6. The number of Topliss-reactive ketones (excluding diaryl/α,β-unsaturated/α-hetero) is 1. The SMILES string of the molecule is CCNCC(C)Oc1ccc(F)c(CCC(C)=O)c1.[HH]. The van der Waals surface area contributed by atoms with Crippen molar-refractivity contribution in [3.63, 3.8) is 0 Å². The Labute approximate surface area is 115 Å². The fraction of sp³-hybridized carbons (Fsp3) is 0.533. The van der Waals surface area contributed by atoms with Crippen LogP contribution >= 0.6 is 0 Å². The van der Waals surface area contributed by atoms with Gasteiger partial charge in [0, 0.05) is 14.4 Å². The number of carbonyl (C=O) groups is 1. The van der Waals surface area contributed by atoms with Crippen molar-refractivity contribution in [3.05, 3.63) is 29.6 Å². The molecule has 4 heteroatoms. The Bertz CT molecular complexity index is 426. The van der Waals surface area contributed by atoms with Gasteiger partial charge in [-0.3, -0.25) is 0 Å². The number of ketones is 1. The van der Waals surface area contributed by atoms with E-state index >= 15 is 0 Å². The highest BCUT2D eigenvalue weighted by atomic mass is 19.1. The van der Waals surface area contributed by atoms with E-state index in [2.05, 4.69) is 5.32 Å². The average molecular weight is 269 g/mol. The largest absolute Gasteiger partial charge is 0.489 e. The summed E-state index contributed by atoms with van der Waals surface area (Å²) in [4.78, 5) is 10.9. The molecule has 0 saturated carbocycles. The van der Waals surface area contributed by atoms with Crippen molar-refractivity contribution in [1.29, 1.82) is 0 Å². The molecule has 1 aromatic carbocycles. The number of halogens is 1. The van der Waals surface area contributed by atoms with Gasteiger partial charge in [0.1, 0.15) is 23.5 Å². The molecule has 0 aliphatic rings. The molecule has 0 aromatic heterocycles. The fourth-order valence-corrected chi connectivity index (χ4v) is 1.75. The first-order chi connectivity index (χ1) is 9.02. The van der Waals surface area contributed by atoms with Crippen LogP contribution in [-0.2, 0) is 11.2 Å². The molecule has 3 nitrogen and oxygen atoms in total. The van der Waals surface area contributed by atoms with Crippen molar-refractivity contribution in [2.75, 3.05) is 13.1 Å². The van der Waals surface area contributed by atoms with Crippen LogP contribution < -0.4 is 10.1 Å². The topological polar surface area (TPSA) is 38.3 Å². The van der Waals surface area contributed by atoms with Gasteiger partial charge in [0.05, 0.1) is 0 Å². The number of aryl methyl sites for hydroxylation is 1. The number of carbonyl (C=O) groups excluding carboxylic acids is 1.